The summed E-state index contributed by atoms with van der Waals surface area (Å²) < 4.78 is 5.19. The van der Waals surface area contributed by atoms with Gasteiger partial charge in [0.25, 0.3) is 0 Å². The van der Waals surface area contributed by atoms with E-state index in [1.807, 2.05) is 30.3 Å². The number of rotatable bonds is 5. The van der Waals surface area contributed by atoms with Crippen LogP contribution in [0.25, 0.3) is 0 Å². The third kappa shape index (κ3) is 3.93. The van der Waals surface area contributed by atoms with Gasteiger partial charge in [-0.15, -0.1) is 11.8 Å². The van der Waals surface area contributed by atoms with Crippen LogP contribution in [-0.4, -0.2) is 18.3 Å². The lowest BCUT2D eigenvalue weighted by molar-refractivity contribution is 0.0531. The minimum Gasteiger partial charge on any atom is -0.461 e. The van der Waals surface area contributed by atoms with Crippen molar-refractivity contribution in [3.8, 4) is 0 Å². The van der Waals surface area contributed by atoms with Gasteiger partial charge in [-0.3, -0.25) is 0 Å². The summed E-state index contributed by atoms with van der Waals surface area (Å²) in [6.45, 7) is 0.336. The van der Waals surface area contributed by atoms with Crippen LogP contribution >= 0.6 is 11.8 Å². The molecule has 0 bridgehead atoms. The summed E-state index contributed by atoms with van der Waals surface area (Å²) in [6, 6.07) is 14.7. The fourth-order valence-electron chi connectivity index (χ4n) is 1.66. The number of hydrogen-bond acceptors (Lipinski definition) is 5. The molecule has 4 nitrogen and oxygen atoms in total. The molecule has 2 aromatic carbocycles. The Hall–Kier alpha value is -2.14. The second-order valence-electron chi connectivity index (χ2n) is 4.14. The normalized spacial score (nSPS) is 10.2. The lowest BCUT2D eigenvalue weighted by Crippen LogP contribution is -2.10. The standard InChI is InChI=1S/C15H16N2O2S/c16-11-6-7-13(14(17)10-11)15(18)19-8-9-20-12-4-2-1-3-5-12/h1-7,10H,8-9,16-17H2. The minimum absolute atomic E-state index is 0.336. The van der Waals surface area contributed by atoms with Crippen molar-refractivity contribution in [3.05, 3.63) is 54.1 Å². The van der Waals surface area contributed by atoms with Crippen molar-refractivity contribution in [2.24, 2.45) is 0 Å². The van der Waals surface area contributed by atoms with Crippen LogP contribution < -0.4 is 11.5 Å². The van der Waals surface area contributed by atoms with Gasteiger partial charge in [0.05, 0.1) is 5.56 Å². The van der Waals surface area contributed by atoms with Crippen LogP contribution in [0, 0.1) is 0 Å². The highest BCUT2D eigenvalue weighted by Crippen LogP contribution is 2.18. The Morgan fingerprint density at radius 2 is 1.85 bits per heavy atom. The fraction of sp³-hybridized carbons (Fsp3) is 0.133. The first-order valence-corrected chi connectivity index (χ1v) is 7.15. The smallest absolute Gasteiger partial charge is 0.340 e. The molecule has 0 amide bonds. The zero-order chi connectivity index (χ0) is 14.4. The van der Waals surface area contributed by atoms with Crippen molar-refractivity contribution < 1.29 is 9.53 Å². The molecule has 0 spiro atoms. The molecule has 0 atom stereocenters. The number of benzene rings is 2. The van der Waals surface area contributed by atoms with Crippen LogP contribution in [0.4, 0.5) is 11.4 Å². The van der Waals surface area contributed by atoms with Crippen molar-refractivity contribution in [2.45, 2.75) is 4.90 Å². The maximum absolute atomic E-state index is 11.8. The zero-order valence-electron chi connectivity index (χ0n) is 10.9. The Labute approximate surface area is 122 Å². The maximum Gasteiger partial charge on any atom is 0.340 e. The van der Waals surface area contributed by atoms with Gasteiger partial charge in [-0.05, 0) is 30.3 Å². The molecule has 0 radical (unpaired) electrons. The monoisotopic (exact) mass is 288 g/mol. The number of ether oxygens (including phenoxy) is 1. The molecule has 2 rings (SSSR count). The molecule has 0 saturated heterocycles. The molecule has 0 aliphatic heterocycles. The van der Waals surface area contributed by atoms with Crippen molar-refractivity contribution in [3.63, 3.8) is 0 Å². The highest BCUT2D eigenvalue weighted by atomic mass is 32.2. The van der Waals surface area contributed by atoms with Gasteiger partial charge in [-0.25, -0.2) is 4.79 Å². The summed E-state index contributed by atoms with van der Waals surface area (Å²) in [5.74, 6) is 0.279. The van der Waals surface area contributed by atoms with E-state index in [0.717, 1.165) is 4.90 Å². The molecule has 4 N–H and O–H groups in total. The number of anilines is 2. The molecule has 104 valence electrons. The topological polar surface area (TPSA) is 78.3 Å². The minimum atomic E-state index is -0.420. The summed E-state index contributed by atoms with van der Waals surface area (Å²) in [6.07, 6.45) is 0. The number of nitrogens with two attached hydrogens (primary N) is 2. The maximum atomic E-state index is 11.8. The number of carbonyl (C=O) groups excluding carboxylic acids is 1. The molecule has 0 aliphatic carbocycles. The first-order chi connectivity index (χ1) is 9.66. The van der Waals surface area contributed by atoms with Gasteiger partial charge in [0.15, 0.2) is 0 Å². The van der Waals surface area contributed by atoms with Crippen molar-refractivity contribution in [1.29, 1.82) is 0 Å². The Morgan fingerprint density at radius 3 is 2.55 bits per heavy atom. The van der Waals surface area contributed by atoms with Crippen LogP contribution in [0.5, 0.6) is 0 Å². The Balaban J connectivity index is 1.80. The average molecular weight is 288 g/mol. The molecular formula is C15H16N2O2S. The van der Waals surface area contributed by atoms with E-state index >= 15 is 0 Å². The number of nitrogen functional groups attached to an aromatic ring is 2. The Morgan fingerprint density at radius 1 is 1.10 bits per heavy atom. The number of hydrogen-bond donors (Lipinski definition) is 2. The molecule has 0 aromatic heterocycles. The first kappa shape index (κ1) is 14.3. The third-order valence-corrected chi connectivity index (χ3v) is 3.60. The van der Waals surface area contributed by atoms with E-state index in [9.17, 15) is 4.79 Å². The molecule has 0 heterocycles. The molecule has 0 aliphatic rings. The van der Waals surface area contributed by atoms with E-state index in [0.29, 0.717) is 29.3 Å². The van der Waals surface area contributed by atoms with Crippen LogP contribution in [0.1, 0.15) is 10.4 Å². The lowest BCUT2D eigenvalue weighted by Gasteiger charge is -2.07. The summed E-state index contributed by atoms with van der Waals surface area (Å²) in [4.78, 5) is 13.0. The van der Waals surface area contributed by atoms with E-state index < -0.39 is 5.97 Å². The molecule has 0 unspecified atom stereocenters. The van der Waals surface area contributed by atoms with Crippen molar-refractivity contribution in [2.75, 3.05) is 23.8 Å². The average Bonchev–Trinajstić information content (AvgIpc) is 2.44. The van der Waals surface area contributed by atoms with E-state index in [-0.39, 0.29) is 0 Å². The second kappa shape index (κ2) is 6.86. The number of thioether (sulfide) groups is 1. The van der Waals surface area contributed by atoms with Crippen molar-refractivity contribution >= 4 is 29.1 Å². The van der Waals surface area contributed by atoms with Gasteiger partial charge in [0, 0.05) is 22.0 Å². The van der Waals surface area contributed by atoms with Gasteiger partial charge in [-0.2, -0.15) is 0 Å². The van der Waals surface area contributed by atoms with Crippen LogP contribution in [0.2, 0.25) is 0 Å². The van der Waals surface area contributed by atoms with Gasteiger partial charge in [0.2, 0.25) is 0 Å². The first-order valence-electron chi connectivity index (χ1n) is 6.17. The lowest BCUT2D eigenvalue weighted by atomic mass is 10.1. The van der Waals surface area contributed by atoms with E-state index in [4.69, 9.17) is 16.2 Å². The molecule has 2 aromatic rings. The quantitative estimate of drug-likeness (QED) is 0.383. The highest BCUT2D eigenvalue weighted by molar-refractivity contribution is 7.99. The highest BCUT2D eigenvalue weighted by Gasteiger charge is 2.10. The molecule has 0 saturated carbocycles. The van der Waals surface area contributed by atoms with Crippen LogP contribution in [0.15, 0.2) is 53.4 Å². The zero-order valence-corrected chi connectivity index (χ0v) is 11.7. The van der Waals surface area contributed by atoms with E-state index in [2.05, 4.69) is 0 Å². The van der Waals surface area contributed by atoms with E-state index in [1.54, 1.807) is 30.0 Å². The largest absolute Gasteiger partial charge is 0.461 e. The SMILES string of the molecule is Nc1ccc(C(=O)OCCSc2ccccc2)c(N)c1. The molecule has 20 heavy (non-hydrogen) atoms. The number of carbonyl (C=O) groups is 1. The van der Waals surface area contributed by atoms with Crippen LogP contribution in [-0.2, 0) is 4.74 Å². The summed E-state index contributed by atoms with van der Waals surface area (Å²) in [7, 11) is 0. The van der Waals surface area contributed by atoms with E-state index in [1.165, 1.54) is 0 Å². The predicted octanol–water partition coefficient (Wildman–Crippen LogP) is 2.80. The number of esters is 1. The predicted molar refractivity (Wildman–Crippen MR) is 82.7 cm³/mol. The van der Waals surface area contributed by atoms with Crippen molar-refractivity contribution in [1.82, 2.24) is 0 Å². The second-order valence-corrected chi connectivity index (χ2v) is 5.31. The molecular weight excluding hydrogens is 272 g/mol. The van der Waals surface area contributed by atoms with Gasteiger partial charge in [0.1, 0.15) is 6.61 Å². The van der Waals surface area contributed by atoms with Crippen LogP contribution in [0.3, 0.4) is 0 Å². The Bertz CT molecular complexity index is 588. The summed E-state index contributed by atoms with van der Waals surface area (Å²) in [5, 5.41) is 0. The van der Waals surface area contributed by atoms with Gasteiger partial charge < -0.3 is 16.2 Å². The van der Waals surface area contributed by atoms with Gasteiger partial charge >= 0.3 is 5.97 Å². The molecule has 5 heteroatoms. The fourth-order valence-corrected chi connectivity index (χ4v) is 2.41. The Kier molecular flexibility index (Phi) is 4.90. The molecule has 0 fully saturated rings. The third-order valence-electron chi connectivity index (χ3n) is 2.62. The summed E-state index contributed by atoms with van der Waals surface area (Å²) >= 11 is 1.64. The summed E-state index contributed by atoms with van der Waals surface area (Å²) in [5.41, 5.74) is 12.5. The van der Waals surface area contributed by atoms with Gasteiger partial charge in [-0.1, -0.05) is 18.2 Å².